The van der Waals surface area contributed by atoms with Crippen molar-refractivity contribution in [3.63, 3.8) is 0 Å². The molecule has 0 aliphatic carbocycles. The van der Waals surface area contributed by atoms with Gasteiger partial charge in [0.1, 0.15) is 11.5 Å². The van der Waals surface area contributed by atoms with Crippen LogP contribution in [0.3, 0.4) is 0 Å². The molecule has 4 aromatic rings. The van der Waals surface area contributed by atoms with Crippen LogP contribution in [0.25, 0.3) is 16.9 Å². The molecular weight excluding hydrogens is 416 g/mol. The molecule has 8 heteroatoms. The number of anilines is 2. The van der Waals surface area contributed by atoms with E-state index >= 15 is 0 Å². The van der Waals surface area contributed by atoms with Crippen LogP contribution in [-0.2, 0) is 13.1 Å². The molecule has 0 atom stereocenters. The predicted octanol–water partition coefficient (Wildman–Crippen LogP) is 3.41. The molecule has 0 radical (unpaired) electrons. The highest BCUT2D eigenvalue weighted by Gasteiger charge is 2.19. The van der Waals surface area contributed by atoms with Crippen molar-refractivity contribution < 1.29 is 0 Å². The Morgan fingerprint density at radius 3 is 2.36 bits per heavy atom. The first-order valence-electron chi connectivity index (χ1n) is 11.0. The maximum Gasteiger partial charge on any atom is 0.330 e. The molecular formula is C25H28N6O2. The maximum atomic E-state index is 12.7. The number of nitrogens with one attached hydrogen (secondary N) is 1. The van der Waals surface area contributed by atoms with Gasteiger partial charge in [0.15, 0.2) is 0 Å². The van der Waals surface area contributed by atoms with Crippen molar-refractivity contribution in [1.29, 1.82) is 0 Å². The molecule has 2 heterocycles. The van der Waals surface area contributed by atoms with E-state index < -0.39 is 11.2 Å². The molecule has 0 saturated carbocycles. The van der Waals surface area contributed by atoms with Crippen molar-refractivity contribution in [2.75, 3.05) is 17.7 Å². The average Bonchev–Trinajstić information content (AvgIpc) is 3.23. The molecule has 0 aliphatic heterocycles. The number of nitrogen functional groups attached to an aromatic ring is 1. The van der Waals surface area contributed by atoms with Gasteiger partial charge in [-0.05, 0) is 18.6 Å². The number of hydrogen-bond donors (Lipinski definition) is 2. The molecule has 2 aromatic carbocycles. The van der Waals surface area contributed by atoms with Crippen molar-refractivity contribution in [2.45, 2.75) is 32.9 Å². The number of hydrogen-bond acceptors (Lipinski definition) is 5. The van der Waals surface area contributed by atoms with Gasteiger partial charge >= 0.3 is 5.69 Å². The van der Waals surface area contributed by atoms with Crippen molar-refractivity contribution in [3.05, 3.63) is 93.3 Å². The highest BCUT2D eigenvalue weighted by Crippen LogP contribution is 2.26. The van der Waals surface area contributed by atoms with Gasteiger partial charge in [0.25, 0.3) is 5.56 Å². The fourth-order valence-electron chi connectivity index (χ4n) is 3.90. The van der Waals surface area contributed by atoms with Gasteiger partial charge in [-0.2, -0.15) is 5.10 Å². The summed E-state index contributed by atoms with van der Waals surface area (Å²) in [7, 11) is 1.80. The Morgan fingerprint density at radius 2 is 1.70 bits per heavy atom. The molecule has 0 saturated heterocycles. The summed E-state index contributed by atoms with van der Waals surface area (Å²) in [6.45, 7) is 2.88. The van der Waals surface area contributed by atoms with E-state index in [2.05, 4.69) is 4.98 Å². The lowest BCUT2D eigenvalue weighted by molar-refractivity contribution is 0.603. The zero-order valence-electron chi connectivity index (χ0n) is 18.9. The number of benzene rings is 2. The summed E-state index contributed by atoms with van der Waals surface area (Å²) >= 11 is 0. The van der Waals surface area contributed by atoms with Gasteiger partial charge in [0, 0.05) is 37.5 Å². The molecule has 4 rings (SSSR count). The number of unbranched alkanes of at least 4 members (excludes halogenated alkanes) is 1. The summed E-state index contributed by atoms with van der Waals surface area (Å²) in [5.74, 6) is 0.177. The van der Waals surface area contributed by atoms with Crippen molar-refractivity contribution in [2.24, 2.45) is 0 Å². The van der Waals surface area contributed by atoms with E-state index in [1.165, 1.54) is 4.57 Å². The van der Waals surface area contributed by atoms with E-state index in [0.717, 1.165) is 35.3 Å². The number of nitrogens with zero attached hydrogens (tertiary/aromatic N) is 4. The second kappa shape index (κ2) is 9.60. The van der Waals surface area contributed by atoms with Crippen LogP contribution in [0.15, 0.2) is 76.4 Å². The number of aromatic nitrogens is 4. The third-order valence-electron chi connectivity index (χ3n) is 5.60. The topological polar surface area (TPSA) is 102 Å². The maximum absolute atomic E-state index is 12.7. The van der Waals surface area contributed by atoms with Crippen molar-refractivity contribution >= 4 is 11.5 Å². The zero-order chi connectivity index (χ0) is 23.4. The molecule has 0 bridgehead atoms. The normalized spacial score (nSPS) is 11.0. The first kappa shape index (κ1) is 22.1. The van der Waals surface area contributed by atoms with E-state index in [9.17, 15) is 9.59 Å². The Labute approximate surface area is 191 Å². The van der Waals surface area contributed by atoms with Gasteiger partial charge in [-0.25, -0.2) is 9.48 Å². The number of rotatable bonds is 8. The van der Waals surface area contributed by atoms with Crippen LogP contribution < -0.4 is 21.9 Å². The number of aromatic amines is 1. The fraction of sp³-hybridized carbons (Fsp3) is 0.240. The molecule has 0 spiro atoms. The van der Waals surface area contributed by atoms with E-state index in [0.29, 0.717) is 13.1 Å². The Balaban J connectivity index is 1.75. The van der Waals surface area contributed by atoms with Gasteiger partial charge in [0.2, 0.25) is 0 Å². The smallest absolute Gasteiger partial charge is 0.330 e. The summed E-state index contributed by atoms with van der Waals surface area (Å²) < 4.78 is 3.27. The zero-order valence-corrected chi connectivity index (χ0v) is 18.9. The number of nitrogens with two attached hydrogens (primary N) is 1. The van der Waals surface area contributed by atoms with E-state index in [1.54, 1.807) is 11.9 Å². The van der Waals surface area contributed by atoms with Gasteiger partial charge < -0.3 is 10.6 Å². The Hall–Kier alpha value is -4.07. The summed E-state index contributed by atoms with van der Waals surface area (Å²) in [6, 6.07) is 19.8. The molecule has 2 aromatic heterocycles. The second-order valence-electron chi connectivity index (χ2n) is 8.00. The highest BCUT2D eigenvalue weighted by atomic mass is 16.2. The Kier molecular flexibility index (Phi) is 6.44. The third-order valence-corrected chi connectivity index (χ3v) is 5.60. The van der Waals surface area contributed by atoms with Crippen LogP contribution in [0.2, 0.25) is 0 Å². The summed E-state index contributed by atoms with van der Waals surface area (Å²) in [4.78, 5) is 29.2. The molecule has 33 heavy (non-hydrogen) atoms. The molecule has 0 amide bonds. The van der Waals surface area contributed by atoms with Crippen LogP contribution in [0, 0.1) is 0 Å². The van der Waals surface area contributed by atoms with E-state index in [-0.39, 0.29) is 11.5 Å². The van der Waals surface area contributed by atoms with E-state index in [1.807, 2.05) is 78.5 Å². The van der Waals surface area contributed by atoms with Gasteiger partial charge in [-0.15, -0.1) is 0 Å². The minimum atomic E-state index is -0.496. The lowest BCUT2D eigenvalue weighted by Crippen LogP contribution is -2.37. The number of para-hydroxylation sites is 1. The molecule has 0 unspecified atom stereocenters. The molecule has 3 N–H and O–H groups in total. The molecule has 8 nitrogen and oxygen atoms in total. The summed E-state index contributed by atoms with van der Waals surface area (Å²) in [6.07, 6.45) is 3.67. The quantitative estimate of drug-likeness (QED) is 0.434. The molecule has 170 valence electrons. The monoisotopic (exact) mass is 444 g/mol. The van der Waals surface area contributed by atoms with E-state index in [4.69, 9.17) is 10.8 Å². The molecule has 0 aliphatic rings. The van der Waals surface area contributed by atoms with Crippen molar-refractivity contribution in [1.82, 2.24) is 19.3 Å². The van der Waals surface area contributed by atoms with Crippen LogP contribution in [0.1, 0.15) is 25.3 Å². The van der Waals surface area contributed by atoms with Crippen LogP contribution in [0.4, 0.5) is 11.5 Å². The Morgan fingerprint density at radius 1 is 1.03 bits per heavy atom. The van der Waals surface area contributed by atoms with Crippen LogP contribution in [0.5, 0.6) is 0 Å². The van der Waals surface area contributed by atoms with Crippen LogP contribution >= 0.6 is 0 Å². The summed E-state index contributed by atoms with van der Waals surface area (Å²) in [5, 5.41) is 4.83. The first-order valence-corrected chi connectivity index (χ1v) is 11.0. The SMILES string of the molecule is CCCCn1c(N)c(N(C)Cc2cn(-c3ccccc3)nc2-c2ccccc2)c(=O)[nH]c1=O. The predicted molar refractivity (Wildman–Crippen MR) is 132 cm³/mol. The number of H-pyrrole nitrogens is 1. The van der Waals surface area contributed by atoms with Gasteiger partial charge in [-0.1, -0.05) is 61.9 Å². The lowest BCUT2D eigenvalue weighted by atomic mass is 10.1. The standard InChI is InChI=1S/C25H28N6O2/c1-3-4-15-30-23(26)22(24(32)27-25(30)33)29(2)16-19-17-31(20-13-9-6-10-14-20)28-21(19)18-11-7-5-8-12-18/h5-14,17H,3-4,15-16,26H2,1-2H3,(H,27,32,33). The first-order chi connectivity index (χ1) is 16.0. The minimum Gasteiger partial charge on any atom is -0.383 e. The Bertz CT molecular complexity index is 1340. The lowest BCUT2D eigenvalue weighted by Gasteiger charge is -2.21. The van der Waals surface area contributed by atoms with Gasteiger partial charge in [0.05, 0.1) is 11.4 Å². The summed E-state index contributed by atoms with van der Waals surface area (Å²) in [5.41, 5.74) is 9.27. The highest BCUT2D eigenvalue weighted by molar-refractivity contribution is 5.66. The van der Waals surface area contributed by atoms with Crippen LogP contribution in [-0.4, -0.2) is 26.4 Å². The minimum absolute atomic E-state index is 0.177. The second-order valence-corrected chi connectivity index (χ2v) is 8.00. The largest absolute Gasteiger partial charge is 0.383 e. The third kappa shape index (κ3) is 4.59. The van der Waals surface area contributed by atoms with Gasteiger partial charge in [-0.3, -0.25) is 14.3 Å². The fourth-order valence-corrected chi connectivity index (χ4v) is 3.90. The average molecular weight is 445 g/mol. The molecule has 0 fully saturated rings. The van der Waals surface area contributed by atoms with Crippen molar-refractivity contribution in [3.8, 4) is 16.9 Å².